The van der Waals surface area contributed by atoms with E-state index in [2.05, 4.69) is 5.32 Å². The third kappa shape index (κ3) is 2.47. The van der Waals surface area contributed by atoms with Crippen molar-refractivity contribution in [2.45, 2.75) is 30.8 Å². The quantitative estimate of drug-likeness (QED) is 0.941. The number of nitrogens with one attached hydrogen (secondary N) is 1. The van der Waals surface area contributed by atoms with Gasteiger partial charge in [0.25, 0.3) is 10.0 Å². The molecule has 1 atom stereocenters. The largest absolute Gasteiger partial charge is 0.315 e. The molecule has 1 aromatic heterocycles. The lowest BCUT2D eigenvalue weighted by molar-refractivity contribution is 0.584. The van der Waals surface area contributed by atoms with Crippen LogP contribution >= 0.6 is 11.3 Å². The Morgan fingerprint density at radius 3 is 2.90 bits per heavy atom. The minimum Gasteiger partial charge on any atom is -0.315 e. The molecule has 0 saturated heterocycles. The molecule has 6 heteroatoms. The van der Waals surface area contributed by atoms with Crippen molar-refractivity contribution >= 4 is 27.0 Å². The first-order chi connectivity index (χ1) is 10.0. The average molecular weight is 322 g/mol. The Labute approximate surface area is 129 Å². The Hall–Kier alpha value is -1.37. The number of benzene rings is 1. The third-order valence-corrected chi connectivity index (χ3v) is 6.67. The summed E-state index contributed by atoms with van der Waals surface area (Å²) >= 11 is 1.47. The van der Waals surface area contributed by atoms with Crippen LogP contribution < -0.4 is 9.62 Å². The van der Waals surface area contributed by atoms with Crippen molar-refractivity contribution in [1.82, 2.24) is 5.32 Å². The number of para-hydroxylation sites is 1. The highest BCUT2D eigenvalue weighted by Gasteiger charge is 2.36. The standard InChI is InChI=1S/C15H18N2O2S2/c1-11-7-12-5-3-4-6-15(12)17(11)21(18,19)14-8-13(9-16-2)20-10-14/h3-6,8,10-11,16H,7,9H2,1-2H3. The fourth-order valence-electron chi connectivity index (χ4n) is 2.78. The normalized spacial score (nSPS) is 18.0. The van der Waals surface area contributed by atoms with E-state index in [9.17, 15) is 8.42 Å². The molecule has 4 nitrogen and oxygen atoms in total. The van der Waals surface area contributed by atoms with E-state index in [4.69, 9.17) is 0 Å². The molecule has 0 bridgehead atoms. The molecule has 1 aromatic carbocycles. The SMILES string of the molecule is CNCc1cc(S(=O)(=O)N2c3ccccc3CC2C)cs1. The van der Waals surface area contributed by atoms with E-state index in [0.29, 0.717) is 11.4 Å². The fourth-order valence-corrected chi connectivity index (χ4v) is 5.75. The van der Waals surface area contributed by atoms with Gasteiger partial charge in [0.05, 0.1) is 10.6 Å². The highest BCUT2D eigenvalue weighted by atomic mass is 32.2. The molecular weight excluding hydrogens is 304 g/mol. The summed E-state index contributed by atoms with van der Waals surface area (Å²) in [6, 6.07) is 9.46. The second-order valence-electron chi connectivity index (χ2n) is 5.26. The predicted octanol–water partition coefficient (Wildman–Crippen LogP) is 2.61. The van der Waals surface area contributed by atoms with E-state index >= 15 is 0 Å². The fraction of sp³-hybridized carbons (Fsp3) is 0.333. The van der Waals surface area contributed by atoms with Crippen molar-refractivity contribution in [3.8, 4) is 0 Å². The highest BCUT2D eigenvalue weighted by Crippen LogP contribution is 2.37. The van der Waals surface area contributed by atoms with Crippen molar-refractivity contribution in [2.75, 3.05) is 11.4 Å². The Bertz CT molecular complexity index is 753. The van der Waals surface area contributed by atoms with E-state index in [1.165, 1.54) is 11.3 Å². The number of hydrogen-bond donors (Lipinski definition) is 1. The zero-order valence-corrected chi connectivity index (χ0v) is 13.7. The minimum atomic E-state index is -3.48. The number of thiophene rings is 1. The summed E-state index contributed by atoms with van der Waals surface area (Å²) in [5, 5.41) is 4.78. The molecule has 112 valence electrons. The molecule has 0 aliphatic carbocycles. The van der Waals surface area contributed by atoms with Gasteiger partial charge in [-0.2, -0.15) is 0 Å². The van der Waals surface area contributed by atoms with Gasteiger partial charge in [0, 0.05) is 22.8 Å². The number of rotatable bonds is 4. The van der Waals surface area contributed by atoms with Gasteiger partial charge in [-0.25, -0.2) is 8.42 Å². The lowest BCUT2D eigenvalue weighted by Gasteiger charge is -2.23. The smallest absolute Gasteiger partial charge is 0.265 e. The average Bonchev–Trinajstić information content (AvgIpc) is 3.02. The summed E-state index contributed by atoms with van der Waals surface area (Å²) in [6.45, 7) is 2.64. The zero-order chi connectivity index (χ0) is 15.0. The van der Waals surface area contributed by atoms with E-state index in [0.717, 1.165) is 22.5 Å². The van der Waals surface area contributed by atoms with Crippen molar-refractivity contribution in [3.63, 3.8) is 0 Å². The van der Waals surface area contributed by atoms with Gasteiger partial charge in [-0.05, 0) is 38.1 Å². The Kier molecular flexibility index (Phi) is 3.77. The number of fused-ring (bicyclic) bond motifs is 1. The number of hydrogen-bond acceptors (Lipinski definition) is 4. The lowest BCUT2D eigenvalue weighted by atomic mass is 10.1. The molecule has 0 radical (unpaired) electrons. The molecule has 0 saturated carbocycles. The van der Waals surface area contributed by atoms with Gasteiger partial charge < -0.3 is 5.32 Å². The van der Waals surface area contributed by atoms with E-state index in [1.807, 2.05) is 38.2 Å². The summed E-state index contributed by atoms with van der Waals surface area (Å²) in [4.78, 5) is 1.41. The van der Waals surface area contributed by atoms with Gasteiger partial charge in [0.2, 0.25) is 0 Å². The maximum Gasteiger partial charge on any atom is 0.265 e. The van der Waals surface area contributed by atoms with Crippen LogP contribution in [0, 0.1) is 0 Å². The van der Waals surface area contributed by atoms with Crippen molar-refractivity contribution in [3.05, 3.63) is 46.2 Å². The first-order valence-electron chi connectivity index (χ1n) is 6.88. The topological polar surface area (TPSA) is 49.4 Å². The Balaban J connectivity index is 2.01. The van der Waals surface area contributed by atoms with Crippen molar-refractivity contribution < 1.29 is 8.42 Å². The van der Waals surface area contributed by atoms with Gasteiger partial charge >= 0.3 is 0 Å². The maximum absolute atomic E-state index is 12.9. The van der Waals surface area contributed by atoms with Crippen LogP contribution in [0.4, 0.5) is 5.69 Å². The molecule has 1 aliphatic heterocycles. The molecule has 2 aromatic rings. The second kappa shape index (κ2) is 5.44. The van der Waals surface area contributed by atoms with Gasteiger partial charge in [0.15, 0.2) is 0 Å². The Morgan fingerprint density at radius 2 is 2.14 bits per heavy atom. The third-order valence-electron chi connectivity index (χ3n) is 3.68. The molecule has 21 heavy (non-hydrogen) atoms. The molecule has 3 rings (SSSR count). The molecule has 2 heterocycles. The van der Waals surface area contributed by atoms with E-state index in [1.54, 1.807) is 15.8 Å². The number of sulfonamides is 1. The first-order valence-corrected chi connectivity index (χ1v) is 9.20. The van der Waals surface area contributed by atoms with E-state index in [-0.39, 0.29) is 6.04 Å². The summed E-state index contributed by atoms with van der Waals surface area (Å²) in [6.07, 6.45) is 0.767. The zero-order valence-electron chi connectivity index (χ0n) is 12.0. The van der Waals surface area contributed by atoms with Crippen LogP contribution in [0.1, 0.15) is 17.4 Å². The molecule has 1 aliphatic rings. The summed E-state index contributed by atoms with van der Waals surface area (Å²) < 4.78 is 27.4. The highest BCUT2D eigenvalue weighted by molar-refractivity contribution is 7.93. The predicted molar refractivity (Wildman–Crippen MR) is 86.4 cm³/mol. The number of nitrogens with zero attached hydrogens (tertiary/aromatic N) is 1. The monoisotopic (exact) mass is 322 g/mol. The van der Waals surface area contributed by atoms with Gasteiger partial charge in [0.1, 0.15) is 0 Å². The first kappa shape index (κ1) is 14.6. The maximum atomic E-state index is 12.9. The minimum absolute atomic E-state index is 0.0416. The van der Waals surface area contributed by atoms with Crippen LogP contribution in [0.25, 0.3) is 0 Å². The summed E-state index contributed by atoms with van der Waals surface area (Å²) in [5.74, 6) is 0. The summed E-state index contributed by atoms with van der Waals surface area (Å²) in [7, 11) is -1.63. The van der Waals surface area contributed by atoms with Crippen LogP contribution in [0.15, 0.2) is 40.6 Å². The van der Waals surface area contributed by atoms with E-state index < -0.39 is 10.0 Å². The van der Waals surface area contributed by atoms with Crippen LogP contribution in [0.5, 0.6) is 0 Å². The molecule has 1 N–H and O–H groups in total. The van der Waals surface area contributed by atoms with Gasteiger partial charge in [-0.3, -0.25) is 4.31 Å². The molecule has 1 unspecified atom stereocenters. The van der Waals surface area contributed by atoms with Crippen LogP contribution in [0.3, 0.4) is 0 Å². The summed E-state index contributed by atoms with van der Waals surface area (Å²) in [5.41, 5.74) is 1.91. The van der Waals surface area contributed by atoms with Gasteiger partial charge in [-0.15, -0.1) is 11.3 Å². The molecule has 0 fully saturated rings. The molecular formula is C15H18N2O2S2. The molecule has 0 amide bonds. The second-order valence-corrected chi connectivity index (χ2v) is 8.07. The van der Waals surface area contributed by atoms with Crippen molar-refractivity contribution in [2.24, 2.45) is 0 Å². The van der Waals surface area contributed by atoms with Crippen LogP contribution in [0.2, 0.25) is 0 Å². The van der Waals surface area contributed by atoms with Crippen molar-refractivity contribution in [1.29, 1.82) is 0 Å². The van der Waals surface area contributed by atoms with Gasteiger partial charge in [-0.1, -0.05) is 18.2 Å². The lowest BCUT2D eigenvalue weighted by Crippen LogP contribution is -2.35. The Morgan fingerprint density at radius 1 is 1.38 bits per heavy atom. The van der Waals surface area contributed by atoms with Crippen LogP contribution in [-0.4, -0.2) is 21.5 Å². The number of anilines is 1. The van der Waals surface area contributed by atoms with Crippen LogP contribution in [-0.2, 0) is 23.0 Å². The molecule has 0 spiro atoms.